The van der Waals surface area contributed by atoms with Crippen molar-refractivity contribution in [3.8, 4) is 11.5 Å². The molecular formula is C18H12N3O6S-. The van der Waals surface area contributed by atoms with E-state index in [0.29, 0.717) is 5.69 Å². The average Bonchev–Trinajstić information content (AvgIpc) is 2.66. The zero-order valence-corrected chi connectivity index (χ0v) is 15.2. The van der Waals surface area contributed by atoms with Crippen molar-refractivity contribution in [3.05, 3.63) is 63.7 Å². The van der Waals surface area contributed by atoms with Crippen molar-refractivity contribution in [1.82, 2.24) is 5.32 Å². The molecule has 0 radical (unpaired) electrons. The van der Waals surface area contributed by atoms with Crippen LogP contribution in [0.1, 0.15) is 5.56 Å². The minimum atomic E-state index is -0.902. The number of benzene rings is 2. The zero-order chi connectivity index (χ0) is 20.4. The van der Waals surface area contributed by atoms with Gasteiger partial charge in [0.05, 0.1) is 17.7 Å². The van der Waals surface area contributed by atoms with Gasteiger partial charge in [-0.15, -0.1) is 0 Å². The van der Waals surface area contributed by atoms with Gasteiger partial charge >= 0.3 is 0 Å². The van der Waals surface area contributed by atoms with Gasteiger partial charge in [-0.25, -0.2) is 0 Å². The fraction of sp³-hybridized carbons (Fsp3) is 0.0556. The molecule has 2 amide bonds. The Morgan fingerprint density at radius 1 is 1.21 bits per heavy atom. The molecule has 1 aliphatic heterocycles. The van der Waals surface area contributed by atoms with E-state index in [1.165, 1.54) is 13.2 Å². The Morgan fingerprint density at radius 3 is 2.50 bits per heavy atom. The van der Waals surface area contributed by atoms with E-state index >= 15 is 0 Å². The summed E-state index contributed by atoms with van der Waals surface area (Å²) in [5, 5.41) is 25.4. The summed E-state index contributed by atoms with van der Waals surface area (Å²) in [7, 11) is 1.19. The molecule has 3 rings (SSSR count). The lowest BCUT2D eigenvalue weighted by molar-refractivity contribution is -0.398. The van der Waals surface area contributed by atoms with Gasteiger partial charge in [0.2, 0.25) is 0 Å². The summed E-state index contributed by atoms with van der Waals surface area (Å²) in [6, 6.07) is 10.6. The topological polar surface area (TPSA) is 125 Å². The normalized spacial score (nSPS) is 15.5. The Morgan fingerprint density at radius 2 is 1.89 bits per heavy atom. The Bertz CT molecular complexity index is 1040. The van der Waals surface area contributed by atoms with Crippen LogP contribution in [-0.4, -0.2) is 29.0 Å². The molecule has 1 aliphatic rings. The summed E-state index contributed by atoms with van der Waals surface area (Å²) in [6.45, 7) is 0. The number of nitro benzene ring substituents is 1. The first-order chi connectivity index (χ1) is 13.3. The number of hydrogen-bond acceptors (Lipinski definition) is 7. The number of nitro groups is 1. The fourth-order valence-corrected chi connectivity index (χ4v) is 2.90. The number of carbonyl (C=O) groups is 2. The van der Waals surface area contributed by atoms with E-state index in [9.17, 15) is 24.8 Å². The third kappa shape index (κ3) is 3.40. The number of rotatable bonds is 4. The maximum absolute atomic E-state index is 12.9. The van der Waals surface area contributed by atoms with Crippen molar-refractivity contribution in [2.45, 2.75) is 0 Å². The average molecular weight is 398 g/mol. The summed E-state index contributed by atoms with van der Waals surface area (Å²) in [5.74, 6) is -2.64. The molecule has 28 heavy (non-hydrogen) atoms. The SMILES string of the molecule is COc1cc(/C=C2\C(=O)NC(=S)N(c3ccccc3)C2=O)cc([N+](=O)[O-])c1[O-]. The van der Waals surface area contributed by atoms with Crippen LogP contribution < -0.4 is 20.1 Å². The first kappa shape index (κ1) is 19.0. The Hall–Kier alpha value is -3.79. The Kier molecular flexibility index (Phi) is 5.05. The second kappa shape index (κ2) is 7.45. The molecule has 0 spiro atoms. The lowest BCUT2D eigenvalue weighted by atomic mass is 10.1. The van der Waals surface area contributed by atoms with E-state index in [4.69, 9.17) is 17.0 Å². The number of para-hydroxylation sites is 1. The highest BCUT2D eigenvalue weighted by Gasteiger charge is 2.34. The molecule has 0 atom stereocenters. The molecule has 2 aromatic carbocycles. The van der Waals surface area contributed by atoms with Crippen LogP contribution in [0.3, 0.4) is 0 Å². The molecule has 1 fully saturated rings. The van der Waals surface area contributed by atoms with E-state index in [-0.39, 0.29) is 22.0 Å². The van der Waals surface area contributed by atoms with Crippen molar-refractivity contribution in [3.63, 3.8) is 0 Å². The molecule has 10 heteroatoms. The summed E-state index contributed by atoms with van der Waals surface area (Å²) in [5.41, 5.74) is -0.498. The molecule has 0 aromatic heterocycles. The number of thiocarbonyl (C=S) groups is 1. The van der Waals surface area contributed by atoms with Crippen LogP contribution in [0.4, 0.5) is 11.4 Å². The van der Waals surface area contributed by atoms with Crippen molar-refractivity contribution in [1.29, 1.82) is 0 Å². The van der Waals surface area contributed by atoms with Gasteiger partial charge in [-0.1, -0.05) is 18.2 Å². The van der Waals surface area contributed by atoms with Gasteiger partial charge in [0.25, 0.3) is 17.5 Å². The zero-order valence-electron chi connectivity index (χ0n) is 14.4. The van der Waals surface area contributed by atoms with Gasteiger partial charge in [-0.05, 0) is 42.1 Å². The molecule has 142 valence electrons. The van der Waals surface area contributed by atoms with Gasteiger partial charge in [0, 0.05) is 11.8 Å². The van der Waals surface area contributed by atoms with Crippen LogP contribution in [-0.2, 0) is 9.59 Å². The van der Waals surface area contributed by atoms with Gasteiger partial charge in [0.1, 0.15) is 11.3 Å². The van der Waals surface area contributed by atoms with Crippen LogP contribution in [0, 0.1) is 10.1 Å². The maximum Gasteiger partial charge on any atom is 0.270 e. The molecule has 0 unspecified atom stereocenters. The minimum Gasteiger partial charge on any atom is -0.865 e. The summed E-state index contributed by atoms with van der Waals surface area (Å²) >= 11 is 5.09. The number of hydrogen-bond donors (Lipinski definition) is 1. The predicted octanol–water partition coefficient (Wildman–Crippen LogP) is 1.51. The second-order valence-corrected chi connectivity index (χ2v) is 6.01. The molecule has 2 aromatic rings. The fourth-order valence-electron chi connectivity index (χ4n) is 2.61. The predicted molar refractivity (Wildman–Crippen MR) is 102 cm³/mol. The van der Waals surface area contributed by atoms with E-state index in [2.05, 4.69) is 5.32 Å². The number of methoxy groups -OCH3 is 1. The van der Waals surface area contributed by atoms with Gasteiger partial charge in [-0.3, -0.25) is 29.9 Å². The number of nitrogens with one attached hydrogen (secondary N) is 1. The summed E-state index contributed by atoms with van der Waals surface area (Å²) in [4.78, 5) is 36.5. The van der Waals surface area contributed by atoms with Crippen LogP contribution in [0.25, 0.3) is 6.08 Å². The monoisotopic (exact) mass is 398 g/mol. The Balaban J connectivity index is 2.09. The summed E-state index contributed by atoms with van der Waals surface area (Å²) in [6.07, 6.45) is 1.14. The number of ether oxygens (including phenoxy) is 1. The first-order valence-corrected chi connectivity index (χ1v) is 8.24. The maximum atomic E-state index is 12.9. The highest BCUT2D eigenvalue weighted by atomic mass is 32.1. The highest BCUT2D eigenvalue weighted by Crippen LogP contribution is 2.35. The van der Waals surface area contributed by atoms with Crippen LogP contribution in [0.5, 0.6) is 11.5 Å². The molecule has 0 aliphatic carbocycles. The van der Waals surface area contributed by atoms with Gasteiger partial charge in [-0.2, -0.15) is 0 Å². The van der Waals surface area contributed by atoms with Crippen molar-refractivity contribution >= 4 is 46.6 Å². The largest absolute Gasteiger partial charge is 0.865 e. The lowest BCUT2D eigenvalue weighted by Gasteiger charge is -2.28. The number of carbonyl (C=O) groups excluding carboxylic acids is 2. The van der Waals surface area contributed by atoms with Crippen molar-refractivity contribution < 1.29 is 24.4 Å². The molecule has 9 nitrogen and oxygen atoms in total. The van der Waals surface area contributed by atoms with E-state index in [1.54, 1.807) is 30.3 Å². The van der Waals surface area contributed by atoms with Crippen LogP contribution in [0.15, 0.2) is 48.0 Å². The van der Waals surface area contributed by atoms with Crippen molar-refractivity contribution in [2.24, 2.45) is 0 Å². The quantitative estimate of drug-likeness (QED) is 0.272. The molecule has 1 N–H and O–H groups in total. The highest BCUT2D eigenvalue weighted by molar-refractivity contribution is 7.80. The van der Waals surface area contributed by atoms with Crippen LogP contribution >= 0.6 is 12.2 Å². The van der Waals surface area contributed by atoms with Gasteiger partial charge < -0.3 is 9.84 Å². The van der Waals surface area contributed by atoms with E-state index in [0.717, 1.165) is 17.0 Å². The number of amides is 2. The third-order valence-electron chi connectivity index (χ3n) is 3.90. The van der Waals surface area contributed by atoms with Crippen molar-refractivity contribution in [2.75, 3.05) is 12.0 Å². The first-order valence-electron chi connectivity index (χ1n) is 7.83. The molecule has 0 bridgehead atoms. The van der Waals surface area contributed by atoms with E-state index < -0.39 is 28.2 Å². The number of nitrogens with zero attached hydrogens (tertiary/aromatic N) is 2. The summed E-state index contributed by atoms with van der Waals surface area (Å²) < 4.78 is 4.86. The molecular weight excluding hydrogens is 386 g/mol. The second-order valence-electron chi connectivity index (χ2n) is 5.62. The lowest BCUT2D eigenvalue weighted by Crippen LogP contribution is -2.54. The molecule has 1 heterocycles. The minimum absolute atomic E-state index is 0.0856. The smallest absolute Gasteiger partial charge is 0.270 e. The Labute approximate surface area is 164 Å². The molecule has 1 saturated heterocycles. The third-order valence-corrected chi connectivity index (χ3v) is 4.19. The standard InChI is InChI=1S/C18H13N3O6S/c1-27-14-9-10(8-13(15(14)22)21(25)26)7-12-16(23)19-18(28)20(17(12)24)11-5-3-2-4-6-11/h2-9,22H,1H3,(H,19,23,28)/p-1/b12-7+. The number of anilines is 1. The van der Waals surface area contributed by atoms with Gasteiger partial charge in [0.15, 0.2) is 5.11 Å². The van der Waals surface area contributed by atoms with Crippen LogP contribution in [0.2, 0.25) is 0 Å². The van der Waals surface area contributed by atoms with E-state index in [1.807, 2.05) is 0 Å². The molecule has 0 saturated carbocycles.